The number of nitrogens with two attached hydrogens (primary N) is 2. The van der Waals surface area contributed by atoms with Crippen LogP contribution in [0.5, 0.6) is 11.5 Å². The molecule has 5 N–H and O–H groups in total. The molecule has 0 saturated heterocycles. The van der Waals surface area contributed by atoms with Gasteiger partial charge in [-0.3, -0.25) is 0 Å². The fraction of sp³-hybridized carbons (Fsp3) is 0.185. The van der Waals surface area contributed by atoms with Crippen LogP contribution in [0.2, 0.25) is 0 Å². The van der Waals surface area contributed by atoms with E-state index in [1.165, 1.54) is 30.3 Å². The summed E-state index contributed by atoms with van der Waals surface area (Å²) < 4.78 is 86.1. The number of halogens is 6. The van der Waals surface area contributed by atoms with Gasteiger partial charge in [0.25, 0.3) is 6.17 Å². The number of carboxylic acid groups (broad SMARTS) is 1. The summed E-state index contributed by atoms with van der Waals surface area (Å²) >= 11 is 0. The lowest BCUT2D eigenvalue weighted by Crippen LogP contribution is -2.45. The number of benzene rings is 3. The topological polar surface area (TPSA) is 125 Å². The fourth-order valence-corrected chi connectivity index (χ4v) is 3.43. The smallest absolute Gasteiger partial charge is 0.425 e. The lowest BCUT2D eigenvalue weighted by molar-refractivity contribution is -0.250. The highest BCUT2D eigenvalue weighted by atomic mass is 19.4. The molecule has 7 nitrogen and oxygen atoms in total. The predicted octanol–water partition coefficient (Wildman–Crippen LogP) is 5.70. The zero-order valence-electron chi connectivity index (χ0n) is 20.4. The van der Waals surface area contributed by atoms with Crippen molar-refractivity contribution in [2.75, 3.05) is 18.1 Å². The monoisotopic (exact) mass is 568 g/mol. The van der Waals surface area contributed by atoms with Crippen molar-refractivity contribution >= 4 is 29.4 Å². The Balaban J connectivity index is 1.62. The highest BCUT2D eigenvalue weighted by Crippen LogP contribution is 2.35. The van der Waals surface area contributed by atoms with Crippen molar-refractivity contribution in [3.05, 3.63) is 89.0 Å². The van der Waals surface area contributed by atoms with Gasteiger partial charge < -0.3 is 26.0 Å². The van der Waals surface area contributed by atoms with Crippen molar-refractivity contribution in [3.63, 3.8) is 0 Å². The van der Waals surface area contributed by atoms with Crippen molar-refractivity contribution in [2.45, 2.75) is 24.7 Å². The molecule has 0 aliphatic rings. The minimum absolute atomic E-state index is 0.0451. The summed E-state index contributed by atoms with van der Waals surface area (Å²) in [6.45, 7) is -1.87. The lowest BCUT2D eigenvalue weighted by atomic mass is 10.0. The van der Waals surface area contributed by atoms with E-state index in [0.29, 0.717) is 22.5 Å². The number of esters is 1. The molecule has 40 heavy (non-hydrogen) atoms. The maximum Gasteiger partial charge on any atom is 0.425 e. The van der Waals surface area contributed by atoms with Gasteiger partial charge in [0.2, 0.25) is 0 Å². The van der Waals surface area contributed by atoms with E-state index in [9.17, 15) is 41.0 Å². The Hall–Kier alpha value is -4.68. The Labute approximate surface area is 223 Å². The molecular weight excluding hydrogens is 546 g/mol. The zero-order chi connectivity index (χ0) is 29.7. The summed E-state index contributed by atoms with van der Waals surface area (Å²) in [5, 5.41) is 9.58. The molecule has 212 valence electrons. The number of aliphatic carboxylic acids is 1. The Morgan fingerprint density at radius 3 is 1.95 bits per heavy atom. The second-order valence-electron chi connectivity index (χ2n) is 8.60. The van der Waals surface area contributed by atoms with E-state index >= 15 is 0 Å². The quantitative estimate of drug-likeness (QED) is 0.0943. The molecule has 3 aromatic carbocycles. The van der Waals surface area contributed by atoms with Crippen LogP contribution in [0.1, 0.15) is 21.5 Å². The molecule has 0 radical (unpaired) electrons. The number of nitrogen functional groups attached to an aromatic ring is 2. The SMILES string of the molecule is Nc1cc(N)cc(C/C(=C\c2ccc(OC(=O)c3ccc(OCC(F)(F)C(F)C(F)(F)F)cc3)cc2)C(=O)O)c1. The van der Waals surface area contributed by atoms with E-state index in [1.54, 1.807) is 18.2 Å². The first-order valence-corrected chi connectivity index (χ1v) is 11.4. The van der Waals surface area contributed by atoms with Crippen LogP contribution < -0.4 is 20.9 Å². The van der Waals surface area contributed by atoms with E-state index in [4.69, 9.17) is 16.2 Å². The normalized spacial score (nSPS) is 13.0. The second kappa shape index (κ2) is 12.0. The molecule has 0 heterocycles. The number of alkyl halides is 6. The first-order valence-electron chi connectivity index (χ1n) is 11.4. The first-order chi connectivity index (χ1) is 18.6. The number of hydrogen-bond acceptors (Lipinski definition) is 6. The largest absolute Gasteiger partial charge is 0.487 e. The maximum absolute atomic E-state index is 13.4. The summed E-state index contributed by atoms with van der Waals surface area (Å²) in [5.41, 5.74) is 13.4. The summed E-state index contributed by atoms with van der Waals surface area (Å²) in [6.07, 6.45) is -8.67. The molecule has 0 spiro atoms. The van der Waals surface area contributed by atoms with Gasteiger partial charge in [0.15, 0.2) is 6.61 Å². The molecule has 0 saturated carbocycles. The Bertz CT molecular complexity index is 1370. The Morgan fingerprint density at radius 1 is 0.875 bits per heavy atom. The molecule has 1 unspecified atom stereocenters. The highest BCUT2D eigenvalue weighted by molar-refractivity contribution is 5.93. The minimum Gasteiger partial charge on any atom is -0.487 e. The second-order valence-corrected chi connectivity index (χ2v) is 8.60. The highest BCUT2D eigenvalue weighted by Gasteiger charge is 2.57. The molecule has 0 aliphatic carbocycles. The molecule has 0 amide bonds. The van der Waals surface area contributed by atoms with Crippen LogP contribution in [0.25, 0.3) is 6.08 Å². The van der Waals surface area contributed by atoms with Crippen LogP contribution in [0.3, 0.4) is 0 Å². The van der Waals surface area contributed by atoms with Crippen molar-refractivity contribution in [3.8, 4) is 11.5 Å². The molecule has 0 bridgehead atoms. The summed E-state index contributed by atoms with van der Waals surface area (Å²) in [5.74, 6) is -7.05. The minimum atomic E-state index is -5.75. The number of carbonyl (C=O) groups excluding carboxylic acids is 1. The van der Waals surface area contributed by atoms with Crippen LogP contribution in [-0.4, -0.2) is 41.9 Å². The van der Waals surface area contributed by atoms with Gasteiger partial charge >= 0.3 is 24.0 Å². The predicted molar refractivity (Wildman–Crippen MR) is 134 cm³/mol. The van der Waals surface area contributed by atoms with E-state index in [0.717, 1.165) is 24.3 Å². The Morgan fingerprint density at radius 2 is 1.43 bits per heavy atom. The van der Waals surface area contributed by atoms with Gasteiger partial charge in [0.05, 0.1) is 5.56 Å². The number of ether oxygens (including phenoxy) is 2. The third-order valence-corrected chi connectivity index (χ3v) is 5.32. The van der Waals surface area contributed by atoms with Crippen LogP contribution in [0.4, 0.5) is 37.7 Å². The maximum atomic E-state index is 13.4. The van der Waals surface area contributed by atoms with Crippen LogP contribution in [0.15, 0.2) is 72.3 Å². The summed E-state index contributed by atoms with van der Waals surface area (Å²) in [4.78, 5) is 24.1. The Kier molecular flexibility index (Phi) is 8.97. The van der Waals surface area contributed by atoms with Crippen LogP contribution in [-0.2, 0) is 11.2 Å². The average molecular weight is 568 g/mol. The van der Waals surface area contributed by atoms with Crippen molar-refractivity contribution in [1.29, 1.82) is 0 Å². The van der Waals surface area contributed by atoms with E-state index in [1.807, 2.05) is 0 Å². The number of rotatable bonds is 10. The molecule has 3 aromatic rings. The average Bonchev–Trinajstić information content (AvgIpc) is 2.87. The van der Waals surface area contributed by atoms with Gasteiger partial charge in [-0.25, -0.2) is 14.0 Å². The standard InChI is InChI=1S/C27H22F6N2O5/c28-25(27(31,32)33)26(29,30)14-39-21-7-3-17(4-8-21)24(38)40-22-5-1-15(2-6-22)9-18(23(36)37)10-16-11-19(34)13-20(35)12-16/h1-9,11-13,25H,10,14,34-35H2,(H,36,37)/b18-9+. The molecule has 3 rings (SSSR count). The summed E-state index contributed by atoms with van der Waals surface area (Å²) in [7, 11) is 0. The van der Waals surface area contributed by atoms with E-state index in [2.05, 4.69) is 4.74 Å². The van der Waals surface area contributed by atoms with Gasteiger partial charge in [-0.1, -0.05) is 12.1 Å². The number of hydrogen-bond donors (Lipinski definition) is 3. The molecule has 1 atom stereocenters. The molecule has 13 heteroatoms. The molecule has 0 aliphatic heterocycles. The number of carbonyl (C=O) groups is 2. The van der Waals surface area contributed by atoms with E-state index in [-0.39, 0.29) is 29.1 Å². The molecule has 0 aromatic heterocycles. The molecular formula is C27H22F6N2O5. The fourth-order valence-electron chi connectivity index (χ4n) is 3.43. The first kappa shape index (κ1) is 29.9. The summed E-state index contributed by atoms with van der Waals surface area (Å²) in [6, 6.07) is 14.9. The van der Waals surface area contributed by atoms with Crippen LogP contribution in [0, 0.1) is 0 Å². The van der Waals surface area contributed by atoms with Crippen molar-refractivity contribution in [2.24, 2.45) is 0 Å². The van der Waals surface area contributed by atoms with Crippen molar-refractivity contribution in [1.82, 2.24) is 0 Å². The van der Waals surface area contributed by atoms with Gasteiger partial charge in [-0.15, -0.1) is 0 Å². The van der Waals surface area contributed by atoms with Gasteiger partial charge in [0, 0.05) is 23.4 Å². The molecule has 0 fully saturated rings. The third-order valence-electron chi connectivity index (χ3n) is 5.32. The van der Waals surface area contributed by atoms with Crippen LogP contribution >= 0.6 is 0 Å². The van der Waals surface area contributed by atoms with Gasteiger partial charge in [-0.05, 0) is 71.8 Å². The number of anilines is 2. The van der Waals surface area contributed by atoms with E-state index < -0.39 is 36.8 Å². The third kappa shape index (κ3) is 8.16. The number of carboxylic acids is 1. The van der Waals surface area contributed by atoms with Gasteiger partial charge in [-0.2, -0.15) is 22.0 Å². The lowest BCUT2D eigenvalue weighted by Gasteiger charge is -2.22. The zero-order valence-corrected chi connectivity index (χ0v) is 20.4. The van der Waals surface area contributed by atoms with Crippen molar-refractivity contribution < 1.29 is 50.5 Å². The van der Waals surface area contributed by atoms with Gasteiger partial charge in [0.1, 0.15) is 11.5 Å².